The molecule has 1 aromatic rings. The minimum Gasteiger partial charge on any atom is -0.432 e. The van der Waals surface area contributed by atoms with Gasteiger partial charge in [-0.25, -0.2) is 4.39 Å². The number of hydrazone groups is 1. The number of hydrogen-bond donors (Lipinski definition) is 1. The molecule has 3 nitrogen and oxygen atoms in total. The molecule has 0 aromatic heterocycles. The predicted octanol–water partition coefficient (Wildman–Crippen LogP) is 1.72. The van der Waals surface area contributed by atoms with Crippen molar-refractivity contribution >= 4 is 6.21 Å². The minimum atomic E-state index is -3.04. The summed E-state index contributed by atoms with van der Waals surface area (Å²) in [7, 11) is 0. The molecule has 1 rings (SSSR count). The zero-order valence-corrected chi connectivity index (χ0v) is 6.95. The fraction of sp³-hybridized carbons (Fsp3) is 0.125. The highest BCUT2D eigenvalue weighted by molar-refractivity contribution is 5.79. The van der Waals surface area contributed by atoms with Crippen molar-refractivity contribution in [3.8, 4) is 5.75 Å². The number of nitrogens with two attached hydrogens (primary N) is 1. The number of halogens is 3. The van der Waals surface area contributed by atoms with Gasteiger partial charge in [-0.3, -0.25) is 0 Å². The molecule has 0 saturated heterocycles. The van der Waals surface area contributed by atoms with Crippen molar-refractivity contribution in [2.45, 2.75) is 6.61 Å². The maximum Gasteiger partial charge on any atom is 0.387 e. The molecule has 0 aliphatic heterocycles. The molecule has 2 N–H and O–H groups in total. The lowest BCUT2D eigenvalue weighted by Gasteiger charge is -2.05. The van der Waals surface area contributed by atoms with E-state index < -0.39 is 18.2 Å². The van der Waals surface area contributed by atoms with Crippen LogP contribution in [0.5, 0.6) is 5.75 Å². The Morgan fingerprint density at radius 2 is 2.14 bits per heavy atom. The predicted molar refractivity (Wildman–Crippen MR) is 44.8 cm³/mol. The van der Waals surface area contributed by atoms with Crippen molar-refractivity contribution in [1.82, 2.24) is 0 Å². The summed E-state index contributed by atoms with van der Waals surface area (Å²) in [4.78, 5) is 0. The molecule has 76 valence electrons. The first-order valence-electron chi connectivity index (χ1n) is 3.61. The van der Waals surface area contributed by atoms with Crippen LogP contribution in [0.4, 0.5) is 13.2 Å². The average molecular weight is 204 g/mol. The van der Waals surface area contributed by atoms with Gasteiger partial charge in [-0.2, -0.15) is 13.9 Å². The lowest BCUT2D eigenvalue weighted by atomic mass is 10.2. The molecule has 1 aromatic carbocycles. The van der Waals surface area contributed by atoms with E-state index in [4.69, 9.17) is 5.84 Å². The molecule has 6 heteroatoms. The van der Waals surface area contributed by atoms with Crippen molar-refractivity contribution in [2.75, 3.05) is 0 Å². The van der Waals surface area contributed by atoms with Gasteiger partial charge >= 0.3 is 6.61 Å². The summed E-state index contributed by atoms with van der Waals surface area (Å²) < 4.78 is 40.3. The first-order valence-corrected chi connectivity index (χ1v) is 3.61. The van der Waals surface area contributed by atoms with Gasteiger partial charge in [0.15, 0.2) is 11.6 Å². The van der Waals surface area contributed by atoms with Crippen LogP contribution < -0.4 is 10.6 Å². The van der Waals surface area contributed by atoms with Gasteiger partial charge in [-0.15, -0.1) is 0 Å². The number of benzene rings is 1. The Labute approximate surface area is 78.0 Å². The highest BCUT2D eigenvalue weighted by atomic mass is 19.3. The van der Waals surface area contributed by atoms with Gasteiger partial charge < -0.3 is 10.6 Å². The van der Waals surface area contributed by atoms with Crippen LogP contribution in [-0.2, 0) is 0 Å². The normalized spacial score (nSPS) is 11.1. The van der Waals surface area contributed by atoms with Crippen LogP contribution >= 0.6 is 0 Å². The highest BCUT2D eigenvalue weighted by Gasteiger charge is 2.09. The number of alkyl halides is 2. The molecule has 0 aliphatic rings. The van der Waals surface area contributed by atoms with Crippen molar-refractivity contribution in [1.29, 1.82) is 0 Å². The topological polar surface area (TPSA) is 47.6 Å². The number of hydrogen-bond acceptors (Lipinski definition) is 3. The van der Waals surface area contributed by atoms with Crippen LogP contribution in [0.2, 0.25) is 0 Å². The van der Waals surface area contributed by atoms with Crippen LogP contribution in [-0.4, -0.2) is 12.8 Å². The molecule has 14 heavy (non-hydrogen) atoms. The average Bonchev–Trinajstić information content (AvgIpc) is 2.10. The van der Waals surface area contributed by atoms with Gasteiger partial charge in [-0.05, 0) is 23.8 Å². The summed E-state index contributed by atoms with van der Waals surface area (Å²) in [5.41, 5.74) is 0.367. The summed E-state index contributed by atoms with van der Waals surface area (Å²) >= 11 is 0. The van der Waals surface area contributed by atoms with Crippen LogP contribution in [0.15, 0.2) is 23.3 Å². The fourth-order valence-electron chi connectivity index (χ4n) is 0.875. The Balaban J connectivity index is 2.89. The Morgan fingerprint density at radius 3 is 2.64 bits per heavy atom. The van der Waals surface area contributed by atoms with E-state index in [1.54, 1.807) is 0 Å². The summed E-state index contributed by atoms with van der Waals surface area (Å²) in [6, 6.07) is 3.43. The molecular weight excluding hydrogens is 197 g/mol. The quantitative estimate of drug-likeness (QED) is 0.463. The second-order valence-electron chi connectivity index (χ2n) is 2.35. The Kier molecular flexibility index (Phi) is 3.33. The van der Waals surface area contributed by atoms with E-state index >= 15 is 0 Å². The van der Waals surface area contributed by atoms with Gasteiger partial charge in [0.25, 0.3) is 0 Å². The minimum absolute atomic E-state index is 0.367. The van der Waals surface area contributed by atoms with E-state index in [-0.39, 0.29) is 0 Å². The molecule has 0 fully saturated rings. The molecule has 0 heterocycles. The van der Waals surface area contributed by atoms with E-state index in [1.807, 2.05) is 0 Å². The maximum absolute atomic E-state index is 13.0. The number of nitrogens with zero attached hydrogens (tertiary/aromatic N) is 1. The lowest BCUT2D eigenvalue weighted by Crippen LogP contribution is -2.03. The van der Waals surface area contributed by atoms with E-state index in [9.17, 15) is 13.2 Å². The Morgan fingerprint density at radius 1 is 1.43 bits per heavy atom. The van der Waals surface area contributed by atoms with Crippen molar-refractivity contribution in [2.24, 2.45) is 10.9 Å². The zero-order valence-electron chi connectivity index (χ0n) is 6.95. The Hall–Kier alpha value is -1.72. The Bertz CT molecular complexity index is 341. The molecule has 0 unspecified atom stereocenters. The smallest absolute Gasteiger partial charge is 0.387 e. The SMILES string of the molecule is NN=Cc1ccc(OC(F)F)c(F)c1. The summed E-state index contributed by atoms with van der Waals surface area (Å²) in [5.74, 6) is 3.43. The van der Waals surface area contributed by atoms with E-state index in [0.29, 0.717) is 5.56 Å². The van der Waals surface area contributed by atoms with Crippen LogP contribution in [0, 0.1) is 5.82 Å². The third kappa shape index (κ3) is 2.65. The lowest BCUT2D eigenvalue weighted by molar-refractivity contribution is -0.0521. The first kappa shape index (κ1) is 10.4. The van der Waals surface area contributed by atoms with Crippen molar-refractivity contribution in [3.63, 3.8) is 0 Å². The van der Waals surface area contributed by atoms with Crippen LogP contribution in [0.1, 0.15) is 5.56 Å². The molecule has 0 radical (unpaired) electrons. The summed E-state index contributed by atoms with van der Waals surface area (Å²) in [6.07, 6.45) is 1.19. The van der Waals surface area contributed by atoms with Crippen LogP contribution in [0.3, 0.4) is 0 Å². The first-order chi connectivity index (χ1) is 6.63. The van der Waals surface area contributed by atoms with Gasteiger partial charge in [-0.1, -0.05) is 0 Å². The monoisotopic (exact) mass is 204 g/mol. The fourth-order valence-corrected chi connectivity index (χ4v) is 0.875. The largest absolute Gasteiger partial charge is 0.432 e. The second kappa shape index (κ2) is 4.50. The van der Waals surface area contributed by atoms with E-state index in [2.05, 4.69) is 9.84 Å². The maximum atomic E-state index is 13.0. The second-order valence-corrected chi connectivity index (χ2v) is 2.35. The molecule has 0 saturated carbocycles. The van der Waals surface area contributed by atoms with Crippen molar-refractivity contribution < 1.29 is 17.9 Å². The third-order valence-electron chi connectivity index (χ3n) is 1.40. The van der Waals surface area contributed by atoms with Gasteiger partial charge in [0, 0.05) is 0 Å². The molecule has 0 spiro atoms. The zero-order chi connectivity index (χ0) is 10.6. The molecule has 0 bridgehead atoms. The third-order valence-corrected chi connectivity index (χ3v) is 1.40. The van der Waals surface area contributed by atoms with Gasteiger partial charge in [0.2, 0.25) is 0 Å². The van der Waals surface area contributed by atoms with E-state index in [1.165, 1.54) is 12.3 Å². The molecular formula is C8H7F3N2O. The van der Waals surface area contributed by atoms with Crippen LogP contribution in [0.25, 0.3) is 0 Å². The molecule has 0 amide bonds. The summed E-state index contributed by atoms with van der Waals surface area (Å²) in [5, 5.41) is 3.16. The molecule has 0 atom stereocenters. The van der Waals surface area contributed by atoms with Crippen molar-refractivity contribution in [3.05, 3.63) is 29.6 Å². The van der Waals surface area contributed by atoms with E-state index in [0.717, 1.165) is 12.1 Å². The number of ether oxygens (including phenoxy) is 1. The highest BCUT2D eigenvalue weighted by Crippen LogP contribution is 2.19. The van der Waals surface area contributed by atoms with Gasteiger partial charge in [0.1, 0.15) is 0 Å². The van der Waals surface area contributed by atoms with Gasteiger partial charge in [0.05, 0.1) is 6.21 Å². The standard InChI is InChI=1S/C8H7F3N2O/c9-6-3-5(4-13-12)1-2-7(6)14-8(10)11/h1-4,8H,12H2. The summed E-state index contributed by atoms with van der Waals surface area (Å²) in [6.45, 7) is -3.04. The molecule has 0 aliphatic carbocycles. The number of rotatable bonds is 3.